The predicted octanol–water partition coefficient (Wildman–Crippen LogP) is 1.66. The summed E-state index contributed by atoms with van der Waals surface area (Å²) in [6, 6.07) is 6.68. The summed E-state index contributed by atoms with van der Waals surface area (Å²) in [6.45, 7) is 3.52. The molecule has 1 aromatic carbocycles. The maximum atomic E-state index is 13.1. The number of piperidine rings is 1. The Balaban J connectivity index is 1.76. The Morgan fingerprint density at radius 2 is 1.95 bits per heavy atom. The molecule has 3 rings (SSSR count). The monoisotopic (exact) mass is 280 g/mol. The van der Waals surface area contributed by atoms with Gasteiger partial charge in [0.1, 0.15) is 5.82 Å². The van der Waals surface area contributed by atoms with E-state index in [0.717, 1.165) is 31.5 Å². The fourth-order valence-electron chi connectivity index (χ4n) is 3.20. The second-order valence-corrected chi connectivity index (χ2v) is 5.48. The largest absolute Gasteiger partial charge is 0.346 e. The lowest BCUT2D eigenvalue weighted by molar-refractivity contribution is -0.193. The third-order valence-electron chi connectivity index (χ3n) is 4.18. The minimum atomic E-state index is -0.453. The zero-order valence-corrected chi connectivity index (χ0v) is 11.6. The maximum Gasteiger partial charge on any atom is 0.181 e. The zero-order valence-electron chi connectivity index (χ0n) is 11.6. The fourth-order valence-corrected chi connectivity index (χ4v) is 3.20. The van der Waals surface area contributed by atoms with Crippen molar-refractivity contribution >= 4 is 0 Å². The van der Waals surface area contributed by atoms with Gasteiger partial charge in [0.25, 0.3) is 0 Å². The summed E-state index contributed by atoms with van der Waals surface area (Å²) < 4.78 is 24.6. The van der Waals surface area contributed by atoms with Gasteiger partial charge in [-0.25, -0.2) is 4.39 Å². The topological polar surface area (TPSA) is 47.7 Å². The number of benzene rings is 1. The first-order valence-electron chi connectivity index (χ1n) is 7.20. The number of hydrogen-bond donors (Lipinski definition) is 1. The Bertz CT molecular complexity index is 446. The van der Waals surface area contributed by atoms with Crippen molar-refractivity contribution in [3.05, 3.63) is 35.6 Å². The summed E-state index contributed by atoms with van der Waals surface area (Å²) in [6.07, 6.45) is 1.96. The first-order chi connectivity index (χ1) is 9.72. The molecule has 0 aromatic heterocycles. The lowest BCUT2D eigenvalue weighted by Crippen LogP contribution is -2.51. The molecule has 2 heterocycles. The molecule has 20 heavy (non-hydrogen) atoms. The van der Waals surface area contributed by atoms with Crippen LogP contribution in [0.1, 0.15) is 24.4 Å². The maximum absolute atomic E-state index is 13.1. The summed E-state index contributed by atoms with van der Waals surface area (Å²) in [5, 5.41) is 0. The lowest BCUT2D eigenvalue weighted by Gasteiger charge is -2.42. The second-order valence-electron chi connectivity index (χ2n) is 5.48. The van der Waals surface area contributed by atoms with E-state index >= 15 is 0 Å². The van der Waals surface area contributed by atoms with Crippen molar-refractivity contribution in [3.63, 3.8) is 0 Å². The minimum absolute atomic E-state index is 0.0839. The third kappa shape index (κ3) is 2.72. The predicted molar refractivity (Wildman–Crippen MR) is 73.6 cm³/mol. The van der Waals surface area contributed by atoms with Crippen LogP contribution in [0, 0.1) is 5.82 Å². The van der Waals surface area contributed by atoms with Crippen molar-refractivity contribution in [3.8, 4) is 0 Å². The van der Waals surface area contributed by atoms with E-state index in [0.29, 0.717) is 19.8 Å². The molecule has 1 spiro atoms. The summed E-state index contributed by atoms with van der Waals surface area (Å²) in [5.41, 5.74) is 6.99. The van der Waals surface area contributed by atoms with Gasteiger partial charge in [0.05, 0.1) is 19.8 Å². The third-order valence-corrected chi connectivity index (χ3v) is 4.18. The van der Waals surface area contributed by atoms with E-state index in [4.69, 9.17) is 15.2 Å². The smallest absolute Gasteiger partial charge is 0.181 e. The molecule has 1 aromatic rings. The Morgan fingerprint density at radius 3 is 2.60 bits per heavy atom. The van der Waals surface area contributed by atoms with Crippen LogP contribution in [0.2, 0.25) is 0 Å². The highest BCUT2D eigenvalue weighted by atomic mass is 19.1. The van der Waals surface area contributed by atoms with Crippen LogP contribution in [0.15, 0.2) is 24.3 Å². The van der Waals surface area contributed by atoms with Crippen molar-refractivity contribution in [1.82, 2.24) is 4.90 Å². The van der Waals surface area contributed by atoms with Gasteiger partial charge in [0, 0.05) is 19.0 Å². The number of hydrogen-bond acceptors (Lipinski definition) is 4. The van der Waals surface area contributed by atoms with Crippen LogP contribution in [0.25, 0.3) is 0 Å². The SMILES string of the molecule is NCC(c1ccc(F)cc1)N1CCCC2(C1)OCCO2. The molecule has 1 atom stereocenters. The Labute approximate surface area is 118 Å². The lowest BCUT2D eigenvalue weighted by atomic mass is 9.98. The Morgan fingerprint density at radius 1 is 1.25 bits per heavy atom. The molecule has 2 saturated heterocycles. The van der Waals surface area contributed by atoms with Gasteiger partial charge in [-0.1, -0.05) is 12.1 Å². The molecular formula is C15H21FN2O2. The highest BCUT2D eigenvalue weighted by Gasteiger charge is 2.42. The van der Waals surface area contributed by atoms with E-state index in [1.54, 1.807) is 0 Å². The molecule has 0 radical (unpaired) electrons. The molecule has 4 nitrogen and oxygen atoms in total. The summed E-state index contributed by atoms with van der Waals surface area (Å²) in [7, 11) is 0. The van der Waals surface area contributed by atoms with Gasteiger partial charge in [-0.05, 0) is 30.7 Å². The van der Waals surface area contributed by atoms with Crippen LogP contribution in [-0.4, -0.2) is 43.5 Å². The number of rotatable bonds is 3. The Kier molecular flexibility index (Phi) is 4.03. The molecule has 1 unspecified atom stereocenters. The quantitative estimate of drug-likeness (QED) is 0.915. The van der Waals surface area contributed by atoms with Crippen LogP contribution in [0.5, 0.6) is 0 Å². The van der Waals surface area contributed by atoms with Gasteiger partial charge in [-0.3, -0.25) is 4.90 Å². The van der Waals surface area contributed by atoms with E-state index in [1.807, 2.05) is 12.1 Å². The standard InChI is InChI=1S/C15H21FN2O2/c16-13-4-2-12(3-5-13)14(10-17)18-7-1-6-15(11-18)19-8-9-20-15/h2-5,14H,1,6-11,17H2. The minimum Gasteiger partial charge on any atom is -0.346 e. The Hall–Kier alpha value is -1.01. The molecule has 110 valence electrons. The van der Waals surface area contributed by atoms with Gasteiger partial charge in [0.15, 0.2) is 5.79 Å². The first-order valence-corrected chi connectivity index (χ1v) is 7.20. The molecule has 0 bridgehead atoms. The van der Waals surface area contributed by atoms with E-state index in [-0.39, 0.29) is 11.9 Å². The number of ether oxygens (including phenoxy) is 2. The van der Waals surface area contributed by atoms with E-state index < -0.39 is 5.79 Å². The highest BCUT2D eigenvalue weighted by Crippen LogP contribution is 2.34. The molecule has 2 aliphatic heterocycles. The molecule has 2 aliphatic rings. The van der Waals surface area contributed by atoms with Gasteiger partial charge in [-0.2, -0.15) is 0 Å². The summed E-state index contributed by atoms with van der Waals surface area (Å²) in [4.78, 5) is 2.29. The van der Waals surface area contributed by atoms with Crippen molar-refractivity contribution in [2.45, 2.75) is 24.7 Å². The van der Waals surface area contributed by atoms with Crippen LogP contribution in [0.4, 0.5) is 4.39 Å². The molecular weight excluding hydrogens is 259 g/mol. The van der Waals surface area contributed by atoms with E-state index in [9.17, 15) is 4.39 Å². The van der Waals surface area contributed by atoms with Crippen molar-refractivity contribution in [1.29, 1.82) is 0 Å². The second kappa shape index (κ2) is 5.77. The molecule has 2 N–H and O–H groups in total. The molecule has 2 fully saturated rings. The molecule has 0 aliphatic carbocycles. The van der Waals surface area contributed by atoms with E-state index in [2.05, 4.69) is 4.90 Å². The molecule has 5 heteroatoms. The van der Waals surface area contributed by atoms with Crippen molar-refractivity contribution < 1.29 is 13.9 Å². The summed E-state index contributed by atoms with van der Waals surface area (Å²) in [5.74, 6) is -0.673. The van der Waals surface area contributed by atoms with Crippen LogP contribution in [-0.2, 0) is 9.47 Å². The van der Waals surface area contributed by atoms with Crippen LogP contribution >= 0.6 is 0 Å². The van der Waals surface area contributed by atoms with E-state index in [1.165, 1.54) is 12.1 Å². The van der Waals surface area contributed by atoms with Gasteiger partial charge in [0.2, 0.25) is 0 Å². The van der Waals surface area contributed by atoms with Crippen molar-refractivity contribution in [2.24, 2.45) is 5.73 Å². The van der Waals surface area contributed by atoms with Crippen LogP contribution in [0.3, 0.4) is 0 Å². The van der Waals surface area contributed by atoms with Crippen molar-refractivity contribution in [2.75, 3.05) is 32.8 Å². The normalized spacial score (nSPS) is 24.1. The average Bonchev–Trinajstić information content (AvgIpc) is 2.90. The van der Waals surface area contributed by atoms with Gasteiger partial charge in [-0.15, -0.1) is 0 Å². The zero-order chi connectivity index (χ0) is 14.0. The molecule has 0 saturated carbocycles. The number of likely N-dealkylation sites (tertiary alicyclic amines) is 1. The number of nitrogens with zero attached hydrogens (tertiary/aromatic N) is 1. The van der Waals surface area contributed by atoms with Gasteiger partial charge >= 0.3 is 0 Å². The number of nitrogens with two attached hydrogens (primary N) is 1. The average molecular weight is 280 g/mol. The highest BCUT2D eigenvalue weighted by molar-refractivity contribution is 5.20. The fraction of sp³-hybridized carbons (Fsp3) is 0.600. The summed E-state index contributed by atoms with van der Waals surface area (Å²) >= 11 is 0. The number of halogens is 1. The van der Waals surface area contributed by atoms with Gasteiger partial charge < -0.3 is 15.2 Å². The first kappa shape index (κ1) is 13.9. The molecule has 0 amide bonds. The van der Waals surface area contributed by atoms with Crippen LogP contribution < -0.4 is 5.73 Å².